The number of sulfonamides is 1. The molecule has 2 aromatic carbocycles. The Hall–Kier alpha value is -2.17. The topological polar surface area (TPSA) is 67.9 Å². The molecule has 1 aliphatic rings. The third-order valence-corrected chi connectivity index (χ3v) is 6.31. The number of likely N-dealkylation sites (tertiary alicyclic amines) is 1. The van der Waals surface area contributed by atoms with E-state index < -0.39 is 27.5 Å². The summed E-state index contributed by atoms with van der Waals surface area (Å²) in [4.78, 5) is 1.73. The summed E-state index contributed by atoms with van der Waals surface area (Å²) in [5.74, 6) is -0.266. The second-order valence-corrected chi connectivity index (χ2v) is 8.99. The van der Waals surface area contributed by atoms with Crippen LogP contribution in [0.15, 0.2) is 41.3 Å². The summed E-state index contributed by atoms with van der Waals surface area (Å²) in [5, 5.41) is 0.323. The molecule has 0 radical (unpaired) electrons. The number of likely N-dealkylation sites (N-methyl/N-ethyl adjacent to an activating group) is 1. The van der Waals surface area contributed by atoms with Gasteiger partial charge in [0.2, 0.25) is 0 Å². The molecular formula is C19H20ClF3N2O4S. The molecule has 0 saturated carbocycles. The molecule has 1 fully saturated rings. The molecule has 164 valence electrons. The molecule has 1 aliphatic heterocycles. The second-order valence-electron chi connectivity index (χ2n) is 6.90. The molecule has 1 heterocycles. The highest BCUT2D eigenvalue weighted by molar-refractivity contribution is 7.92. The normalized spacial score (nSPS) is 17.7. The van der Waals surface area contributed by atoms with Gasteiger partial charge in [0, 0.05) is 25.2 Å². The van der Waals surface area contributed by atoms with Gasteiger partial charge >= 0.3 is 6.18 Å². The number of rotatable bonds is 6. The summed E-state index contributed by atoms with van der Waals surface area (Å²) in [6.07, 6.45) is -3.93. The zero-order valence-corrected chi connectivity index (χ0v) is 17.7. The van der Waals surface area contributed by atoms with Crippen LogP contribution in [0.2, 0.25) is 5.02 Å². The number of anilines is 1. The number of hydrogen-bond acceptors (Lipinski definition) is 5. The van der Waals surface area contributed by atoms with Crippen molar-refractivity contribution < 1.29 is 31.1 Å². The highest BCUT2D eigenvalue weighted by Crippen LogP contribution is 2.38. The first kappa shape index (κ1) is 22.5. The van der Waals surface area contributed by atoms with Gasteiger partial charge in [-0.1, -0.05) is 11.6 Å². The smallest absolute Gasteiger partial charge is 0.419 e. The fourth-order valence-corrected chi connectivity index (χ4v) is 4.34. The number of nitrogens with zero attached hydrogens (tertiary/aromatic N) is 1. The minimum atomic E-state index is -4.67. The van der Waals surface area contributed by atoms with Crippen molar-refractivity contribution in [2.75, 3.05) is 32.0 Å². The monoisotopic (exact) mass is 464 g/mol. The number of benzene rings is 2. The summed E-state index contributed by atoms with van der Waals surface area (Å²) in [6.45, 7) is 1.60. The van der Waals surface area contributed by atoms with E-state index >= 15 is 0 Å². The molecule has 1 N–H and O–H groups in total. The van der Waals surface area contributed by atoms with E-state index in [4.69, 9.17) is 21.1 Å². The molecule has 11 heteroatoms. The van der Waals surface area contributed by atoms with E-state index in [1.165, 1.54) is 18.2 Å². The Balaban J connectivity index is 1.84. The van der Waals surface area contributed by atoms with Gasteiger partial charge in [-0.25, -0.2) is 8.42 Å². The van der Waals surface area contributed by atoms with Crippen LogP contribution in [0, 0.1) is 0 Å². The summed E-state index contributed by atoms with van der Waals surface area (Å²) < 4.78 is 77.3. The molecule has 6 nitrogen and oxygen atoms in total. The first-order chi connectivity index (χ1) is 14.0. The molecule has 3 rings (SSSR count). The number of ether oxygens (including phenoxy) is 2. The molecule has 30 heavy (non-hydrogen) atoms. The Bertz CT molecular complexity index is 1030. The lowest BCUT2D eigenvalue weighted by Crippen LogP contribution is -2.21. The van der Waals surface area contributed by atoms with Gasteiger partial charge in [0.25, 0.3) is 10.0 Å². The molecule has 2 aromatic rings. The van der Waals surface area contributed by atoms with Gasteiger partial charge in [0.05, 0.1) is 28.3 Å². The van der Waals surface area contributed by atoms with Gasteiger partial charge in [0.15, 0.2) is 0 Å². The van der Waals surface area contributed by atoms with Crippen molar-refractivity contribution in [1.82, 2.24) is 4.90 Å². The molecule has 1 atom stereocenters. The van der Waals surface area contributed by atoms with Crippen molar-refractivity contribution in [2.45, 2.75) is 23.6 Å². The fourth-order valence-electron chi connectivity index (χ4n) is 3.11. The van der Waals surface area contributed by atoms with Crippen LogP contribution in [0.5, 0.6) is 11.5 Å². The van der Waals surface area contributed by atoms with Gasteiger partial charge in [-0.2, -0.15) is 13.2 Å². The van der Waals surface area contributed by atoms with Crippen LogP contribution < -0.4 is 14.2 Å². The average molecular weight is 465 g/mol. The predicted octanol–water partition coefficient (Wildman–Crippen LogP) is 4.25. The summed E-state index contributed by atoms with van der Waals surface area (Å²) in [6, 6.07) is 6.73. The first-order valence-corrected chi connectivity index (χ1v) is 10.8. The number of nitrogens with one attached hydrogen (secondary N) is 1. The number of halogens is 4. The first-order valence-electron chi connectivity index (χ1n) is 8.92. The van der Waals surface area contributed by atoms with Crippen LogP contribution in [0.25, 0.3) is 0 Å². The second kappa shape index (κ2) is 8.52. The Morgan fingerprint density at radius 2 is 1.90 bits per heavy atom. The Morgan fingerprint density at radius 3 is 2.50 bits per heavy atom. The minimum absolute atomic E-state index is 0.0708. The molecule has 1 saturated heterocycles. The predicted molar refractivity (Wildman–Crippen MR) is 107 cm³/mol. The molecule has 0 spiro atoms. The molecule has 0 aromatic heterocycles. The lowest BCUT2D eigenvalue weighted by molar-refractivity contribution is -0.138. The van der Waals surface area contributed by atoms with E-state index in [0.29, 0.717) is 16.8 Å². The van der Waals surface area contributed by atoms with Crippen LogP contribution in [-0.4, -0.2) is 46.7 Å². The van der Waals surface area contributed by atoms with Crippen LogP contribution in [-0.2, 0) is 16.2 Å². The lowest BCUT2D eigenvalue weighted by Gasteiger charge is -2.17. The highest BCUT2D eigenvalue weighted by Gasteiger charge is 2.35. The summed E-state index contributed by atoms with van der Waals surface area (Å²) >= 11 is 6.16. The SMILES string of the molecule is COc1cc(S(=O)(=O)Nc2ccc(Cl)c(OC3CCN(C)C3)c2)ccc1C(F)(F)F. The van der Waals surface area contributed by atoms with Crippen molar-refractivity contribution in [1.29, 1.82) is 0 Å². The Labute approximate surface area is 177 Å². The van der Waals surface area contributed by atoms with Crippen LogP contribution >= 0.6 is 11.6 Å². The summed E-state index contributed by atoms with van der Waals surface area (Å²) in [5.41, 5.74) is -0.896. The summed E-state index contributed by atoms with van der Waals surface area (Å²) in [7, 11) is -1.17. The van der Waals surface area contributed by atoms with E-state index in [-0.39, 0.29) is 16.7 Å². The van der Waals surface area contributed by atoms with Gasteiger partial charge in [-0.3, -0.25) is 4.72 Å². The molecule has 0 bridgehead atoms. The molecule has 1 unspecified atom stereocenters. The van der Waals surface area contributed by atoms with Crippen LogP contribution in [0.3, 0.4) is 0 Å². The standard InChI is InChI=1S/C19H20ClF3N2O4S/c1-25-8-7-13(11-25)29-18-9-12(3-6-16(18)20)24-30(26,27)14-4-5-15(19(21,22)23)17(10-14)28-2/h3-6,9-10,13,24H,7-8,11H2,1-2H3. The third-order valence-electron chi connectivity index (χ3n) is 4.61. The molecular weight excluding hydrogens is 445 g/mol. The highest BCUT2D eigenvalue weighted by atomic mass is 35.5. The minimum Gasteiger partial charge on any atom is -0.496 e. The molecule has 0 amide bonds. The van der Waals surface area contributed by atoms with Crippen molar-refractivity contribution in [2.24, 2.45) is 0 Å². The maximum atomic E-state index is 13.0. The zero-order chi connectivity index (χ0) is 22.1. The number of methoxy groups -OCH3 is 1. The molecule has 0 aliphatic carbocycles. The Kier molecular flexibility index (Phi) is 6.40. The van der Waals surface area contributed by atoms with Gasteiger partial charge in [0.1, 0.15) is 17.6 Å². The fraction of sp³-hybridized carbons (Fsp3) is 0.368. The average Bonchev–Trinajstić information content (AvgIpc) is 3.07. The van der Waals surface area contributed by atoms with E-state index in [9.17, 15) is 21.6 Å². The third kappa shape index (κ3) is 5.11. The number of hydrogen-bond donors (Lipinski definition) is 1. The Morgan fingerprint density at radius 1 is 1.17 bits per heavy atom. The van der Waals surface area contributed by atoms with Crippen molar-refractivity contribution in [3.8, 4) is 11.5 Å². The van der Waals surface area contributed by atoms with Crippen LogP contribution in [0.1, 0.15) is 12.0 Å². The zero-order valence-electron chi connectivity index (χ0n) is 16.2. The van der Waals surface area contributed by atoms with Crippen molar-refractivity contribution in [3.05, 3.63) is 47.0 Å². The van der Waals surface area contributed by atoms with Gasteiger partial charge in [-0.05, 0) is 37.7 Å². The maximum Gasteiger partial charge on any atom is 0.419 e. The van der Waals surface area contributed by atoms with E-state index in [1.54, 1.807) is 0 Å². The quantitative estimate of drug-likeness (QED) is 0.692. The van der Waals surface area contributed by atoms with Crippen molar-refractivity contribution in [3.63, 3.8) is 0 Å². The maximum absolute atomic E-state index is 13.0. The van der Waals surface area contributed by atoms with Gasteiger partial charge < -0.3 is 14.4 Å². The number of alkyl halides is 3. The lowest BCUT2D eigenvalue weighted by atomic mass is 10.2. The van der Waals surface area contributed by atoms with E-state index in [1.807, 2.05) is 7.05 Å². The van der Waals surface area contributed by atoms with Crippen LogP contribution in [0.4, 0.5) is 18.9 Å². The van der Waals surface area contributed by atoms with Crippen molar-refractivity contribution >= 4 is 27.3 Å². The van der Waals surface area contributed by atoms with Gasteiger partial charge in [-0.15, -0.1) is 0 Å². The van der Waals surface area contributed by atoms with E-state index in [0.717, 1.165) is 38.8 Å². The largest absolute Gasteiger partial charge is 0.496 e. The van der Waals surface area contributed by atoms with E-state index in [2.05, 4.69) is 9.62 Å².